The molecule has 0 N–H and O–H groups in total. The average molecular weight is 283 g/mol. The van der Waals surface area contributed by atoms with Crippen molar-refractivity contribution in [1.82, 2.24) is 4.90 Å². The van der Waals surface area contributed by atoms with Gasteiger partial charge in [-0.3, -0.25) is 0 Å². The first-order valence-corrected chi connectivity index (χ1v) is 7.87. The molecule has 1 amide bonds. The number of carbonyl (C=O) groups excluding carboxylic acids is 1. The number of carbonyl (C=O) groups is 1. The molecule has 0 heterocycles. The van der Waals surface area contributed by atoms with Gasteiger partial charge in [0.15, 0.2) is 0 Å². The Kier molecular flexibility index (Phi) is 4.33. The third-order valence-electron chi connectivity index (χ3n) is 4.79. The Hall–Kier alpha value is -0.770. The van der Waals surface area contributed by atoms with Crippen LogP contribution >= 0.6 is 0 Å². The first kappa shape index (κ1) is 15.6. The van der Waals surface area contributed by atoms with E-state index in [0.29, 0.717) is 6.10 Å². The lowest BCUT2D eigenvalue weighted by Gasteiger charge is -2.56. The van der Waals surface area contributed by atoms with E-state index >= 15 is 0 Å². The molecule has 0 bridgehead atoms. The second-order valence-electron chi connectivity index (χ2n) is 7.23. The largest absolute Gasteiger partial charge is 0.444 e. The molecule has 0 saturated heterocycles. The molecule has 4 nitrogen and oxygen atoms in total. The fraction of sp³-hybridized carbons (Fsp3) is 0.938. The van der Waals surface area contributed by atoms with Crippen molar-refractivity contribution in [3.63, 3.8) is 0 Å². The second-order valence-corrected chi connectivity index (χ2v) is 7.23. The van der Waals surface area contributed by atoms with Crippen LogP contribution in [0, 0.1) is 5.41 Å². The van der Waals surface area contributed by atoms with E-state index in [4.69, 9.17) is 9.47 Å². The van der Waals surface area contributed by atoms with Gasteiger partial charge in [-0.25, -0.2) is 4.79 Å². The first-order valence-electron chi connectivity index (χ1n) is 7.87. The summed E-state index contributed by atoms with van der Waals surface area (Å²) in [5.41, 5.74) is -0.251. The lowest BCUT2D eigenvalue weighted by Crippen LogP contribution is -2.64. The second kappa shape index (κ2) is 5.55. The minimum absolute atomic E-state index is 0.182. The maximum absolute atomic E-state index is 12.3. The molecule has 1 spiro atoms. The van der Waals surface area contributed by atoms with Crippen molar-refractivity contribution < 1.29 is 14.3 Å². The van der Waals surface area contributed by atoms with Gasteiger partial charge in [0.25, 0.3) is 0 Å². The fourth-order valence-electron chi connectivity index (χ4n) is 3.85. The lowest BCUT2D eigenvalue weighted by molar-refractivity contribution is -0.157. The summed E-state index contributed by atoms with van der Waals surface area (Å²) in [6, 6.07) is 0.274. The molecule has 116 valence electrons. The summed E-state index contributed by atoms with van der Waals surface area (Å²) >= 11 is 0. The zero-order valence-corrected chi connectivity index (χ0v) is 13.6. The number of hydrogen-bond acceptors (Lipinski definition) is 3. The van der Waals surface area contributed by atoms with Crippen LogP contribution in [0.4, 0.5) is 4.79 Å². The standard InChI is InChI=1S/C16H29NO3/c1-6-19-13-11-12(16(13)9-7-8-10-16)17(5)14(18)20-15(2,3)4/h12-13H,6-11H2,1-5H3/t12-,13+/m1/s1. The summed E-state index contributed by atoms with van der Waals surface area (Å²) in [4.78, 5) is 14.1. The van der Waals surface area contributed by atoms with Gasteiger partial charge in [0.1, 0.15) is 5.60 Å². The van der Waals surface area contributed by atoms with Crippen molar-refractivity contribution in [2.45, 2.75) is 77.5 Å². The van der Waals surface area contributed by atoms with Crippen LogP contribution in [0.5, 0.6) is 0 Å². The van der Waals surface area contributed by atoms with Gasteiger partial charge in [0.05, 0.1) is 6.10 Å². The topological polar surface area (TPSA) is 38.8 Å². The molecule has 2 atom stereocenters. The van der Waals surface area contributed by atoms with Crippen molar-refractivity contribution in [3.8, 4) is 0 Å². The Labute approximate surface area is 122 Å². The molecule has 4 heteroatoms. The SMILES string of the molecule is CCO[C@H]1C[C@@H](N(C)C(=O)OC(C)(C)C)C12CCCC2. The van der Waals surface area contributed by atoms with Gasteiger partial charge in [-0.2, -0.15) is 0 Å². The Bertz CT molecular complexity index is 355. The maximum atomic E-state index is 12.3. The molecule has 0 aromatic heterocycles. The molecule has 2 saturated carbocycles. The van der Waals surface area contributed by atoms with E-state index in [2.05, 4.69) is 0 Å². The highest BCUT2D eigenvalue weighted by molar-refractivity contribution is 5.68. The Morgan fingerprint density at radius 3 is 2.40 bits per heavy atom. The van der Waals surface area contributed by atoms with Gasteiger partial charge < -0.3 is 14.4 Å². The van der Waals surface area contributed by atoms with Crippen LogP contribution in [0.2, 0.25) is 0 Å². The average Bonchev–Trinajstić information content (AvgIpc) is 2.83. The summed E-state index contributed by atoms with van der Waals surface area (Å²) in [6.45, 7) is 8.54. The van der Waals surface area contributed by atoms with Crippen LogP contribution in [-0.4, -0.2) is 42.4 Å². The van der Waals surface area contributed by atoms with Crippen LogP contribution in [0.15, 0.2) is 0 Å². The monoisotopic (exact) mass is 283 g/mol. The Balaban J connectivity index is 2.03. The number of rotatable bonds is 3. The summed E-state index contributed by atoms with van der Waals surface area (Å²) in [7, 11) is 1.88. The summed E-state index contributed by atoms with van der Waals surface area (Å²) in [5.74, 6) is 0. The molecule has 0 radical (unpaired) electrons. The van der Waals surface area contributed by atoms with E-state index in [1.54, 1.807) is 0 Å². The van der Waals surface area contributed by atoms with E-state index in [1.165, 1.54) is 25.7 Å². The van der Waals surface area contributed by atoms with E-state index in [1.807, 2.05) is 39.6 Å². The minimum atomic E-state index is -0.433. The smallest absolute Gasteiger partial charge is 0.410 e. The van der Waals surface area contributed by atoms with Gasteiger partial charge in [-0.15, -0.1) is 0 Å². The van der Waals surface area contributed by atoms with Crippen LogP contribution in [0.3, 0.4) is 0 Å². The van der Waals surface area contributed by atoms with E-state index in [0.717, 1.165) is 13.0 Å². The predicted molar refractivity (Wildman–Crippen MR) is 78.7 cm³/mol. The molecule has 0 aromatic rings. The molecule has 0 aromatic carbocycles. The van der Waals surface area contributed by atoms with Gasteiger partial charge in [0.2, 0.25) is 0 Å². The summed E-state index contributed by atoms with van der Waals surface area (Å²) in [5, 5.41) is 0. The third kappa shape index (κ3) is 2.80. The molecule has 2 fully saturated rings. The Morgan fingerprint density at radius 1 is 1.30 bits per heavy atom. The predicted octanol–water partition coefficient (Wildman–Crippen LogP) is 3.59. The lowest BCUT2D eigenvalue weighted by atomic mass is 9.60. The van der Waals surface area contributed by atoms with Crippen molar-refractivity contribution in [3.05, 3.63) is 0 Å². The molecule has 0 aliphatic heterocycles. The molecule has 2 aliphatic carbocycles. The van der Waals surface area contributed by atoms with Crippen LogP contribution in [-0.2, 0) is 9.47 Å². The fourth-order valence-corrected chi connectivity index (χ4v) is 3.85. The van der Waals surface area contributed by atoms with Gasteiger partial charge in [-0.1, -0.05) is 12.8 Å². The highest BCUT2D eigenvalue weighted by Gasteiger charge is 2.59. The summed E-state index contributed by atoms with van der Waals surface area (Å²) < 4.78 is 11.4. The zero-order chi connectivity index (χ0) is 15.0. The van der Waals surface area contributed by atoms with Crippen molar-refractivity contribution in [2.75, 3.05) is 13.7 Å². The molecule has 20 heavy (non-hydrogen) atoms. The van der Waals surface area contributed by atoms with Gasteiger partial charge in [0, 0.05) is 25.1 Å². The molecule has 2 aliphatic rings. The third-order valence-corrected chi connectivity index (χ3v) is 4.79. The zero-order valence-electron chi connectivity index (χ0n) is 13.6. The van der Waals surface area contributed by atoms with Gasteiger partial charge >= 0.3 is 6.09 Å². The first-order chi connectivity index (χ1) is 9.30. The van der Waals surface area contributed by atoms with Crippen LogP contribution in [0.25, 0.3) is 0 Å². The number of nitrogens with zero attached hydrogens (tertiary/aromatic N) is 1. The van der Waals surface area contributed by atoms with E-state index in [9.17, 15) is 4.79 Å². The number of ether oxygens (including phenoxy) is 2. The number of hydrogen-bond donors (Lipinski definition) is 0. The minimum Gasteiger partial charge on any atom is -0.444 e. The molecular formula is C16H29NO3. The van der Waals surface area contributed by atoms with Crippen LogP contribution < -0.4 is 0 Å². The molecule has 0 unspecified atom stereocenters. The van der Waals surface area contributed by atoms with Crippen molar-refractivity contribution in [2.24, 2.45) is 5.41 Å². The quantitative estimate of drug-likeness (QED) is 0.794. The molecular weight excluding hydrogens is 254 g/mol. The number of amides is 1. The van der Waals surface area contributed by atoms with Gasteiger partial charge in [-0.05, 0) is 47.0 Å². The normalized spacial score (nSPS) is 28.2. The van der Waals surface area contributed by atoms with Crippen LogP contribution in [0.1, 0.15) is 59.8 Å². The highest BCUT2D eigenvalue weighted by atomic mass is 16.6. The summed E-state index contributed by atoms with van der Waals surface area (Å²) in [6.07, 6.45) is 5.92. The Morgan fingerprint density at radius 2 is 1.90 bits per heavy atom. The van der Waals surface area contributed by atoms with Crippen molar-refractivity contribution >= 4 is 6.09 Å². The highest BCUT2D eigenvalue weighted by Crippen LogP contribution is 2.56. The molecule has 2 rings (SSSR count). The van der Waals surface area contributed by atoms with Crippen molar-refractivity contribution in [1.29, 1.82) is 0 Å². The van der Waals surface area contributed by atoms with E-state index < -0.39 is 5.60 Å². The van der Waals surface area contributed by atoms with E-state index in [-0.39, 0.29) is 17.6 Å². The maximum Gasteiger partial charge on any atom is 0.410 e.